The molecule has 0 aliphatic heterocycles. The lowest BCUT2D eigenvalue weighted by molar-refractivity contribution is 0.118. The maximum absolute atomic E-state index is 11.3. The van der Waals surface area contributed by atoms with Gasteiger partial charge < -0.3 is 10.5 Å². The van der Waals surface area contributed by atoms with Gasteiger partial charge in [0.05, 0.1) is 11.5 Å². The van der Waals surface area contributed by atoms with Gasteiger partial charge in [-0.3, -0.25) is 0 Å². The fourth-order valence-electron chi connectivity index (χ4n) is 1.36. The summed E-state index contributed by atoms with van der Waals surface area (Å²) >= 11 is 0. The molecule has 96 valence electrons. The van der Waals surface area contributed by atoms with Crippen molar-refractivity contribution in [3.8, 4) is 0 Å². The largest absolute Gasteiger partial charge is 0.398 e. The van der Waals surface area contributed by atoms with Crippen LogP contribution in [-0.4, -0.2) is 21.3 Å². The van der Waals surface area contributed by atoms with Crippen LogP contribution in [0.3, 0.4) is 0 Å². The molecule has 0 aliphatic carbocycles. The monoisotopic (exact) mass is 257 g/mol. The Morgan fingerprint density at radius 3 is 2.59 bits per heavy atom. The van der Waals surface area contributed by atoms with E-state index in [0.717, 1.165) is 18.4 Å². The van der Waals surface area contributed by atoms with E-state index >= 15 is 0 Å². The number of unbranched alkanes of at least 4 members (excludes halogenated alkanes) is 1. The van der Waals surface area contributed by atoms with E-state index in [2.05, 4.69) is 6.92 Å². The number of nitrogens with two attached hydrogens (primary N) is 1. The van der Waals surface area contributed by atoms with Crippen LogP contribution in [0.4, 0.5) is 5.69 Å². The Balaban J connectivity index is 2.70. The summed E-state index contributed by atoms with van der Waals surface area (Å²) in [5.41, 5.74) is 7.08. The van der Waals surface area contributed by atoms with Crippen molar-refractivity contribution >= 4 is 15.5 Å². The van der Waals surface area contributed by atoms with Crippen molar-refractivity contribution in [2.45, 2.75) is 31.3 Å². The third-order valence-corrected chi connectivity index (χ3v) is 3.56. The van der Waals surface area contributed by atoms with E-state index in [4.69, 9.17) is 10.5 Å². The molecule has 0 saturated heterocycles. The molecule has 0 unspecified atom stereocenters. The summed E-state index contributed by atoms with van der Waals surface area (Å²) in [4.78, 5) is 0.243. The van der Waals surface area contributed by atoms with Gasteiger partial charge in [-0.1, -0.05) is 19.4 Å². The van der Waals surface area contributed by atoms with Crippen molar-refractivity contribution in [1.29, 1.82) is 0 Å². The maximum Gasteiger partial charge on any atom is 0.175 e. The third kappa shape index (κ3) is 4.36. The van der Waals surface area contributed by atoms with Crippen LogP contribution in [-0.2, 0) is 21.2 Å². The lowest BCUT2D eigenvalue weighted by Crippen LogP contribution is -2.03. The second-order valence-corrected chi connectivity index (χ2v) is 6.05. The zero-order valence-electron chi connectivity index (χ0n) is 10.3. The quantitative estimate of drug-likeness (QED) is 0.625. The fraction of sp³-hybridized carbons (Fsp3) is 0.500. The average Bonchev–Trinajstić information content (AvgIpc) is 2.24. The van der Waals surface area contributed by atoms with Crippen LogP contribution >= 0.6 is 0 Å². The molecule has 0 fully saturated rings. The van der Waals surface area contributed by atoms with Crippen molar-refractivity contribution in [2.75, 3.05) is 18.6 Å². The van der Waals surface area contributed by atoms with Crippen LogP contribution in [0.2, 0.25) is 0 Å². The zero-order valence-corrected chi connectivity index (χ0v) is 11.1. The molecule has 2 N–H and O–H groups in total. The highest BCUT2D eigenvalue weighted by atomic mass is 32.2. The summed E-state index contributed by atoms with van der Waals surface area (Å²) in [6.07, 6.45) is 3.27. The van der Waals surface area contributed by atoms with Gasteiger partial charge in [-0.2, -0.15) is 0 Å². The molecule has 0 spiro atoms. The molecule has 0 aromatic heterocycles. The molecule has 0 saturated carbocycles. The maximum atomic E-state index is 11.3. The fourth-order valence-corrected chi connectivity index (χ4v) is 2.02. The lowest BCUT2D eigenvalue weighted by Gasteiger charge is -2.08. The molecule has 5 heteroatoms. The second kappa shape index (κ2) is 6.02. The number of sulfone groups is 1. The molecule has 0 amide bonds. The second-order valence-electron chi connectivity index (χ2n) is 4.04. The van der Waals surface area contributed by atoms with E-state index in [1.807, 2.05) is 0 Å². The molecular formula is C12H19NO3S. The van der Waals surface area contributed by atoms with Gasteiger partial charge in [-0.05, 0) is 18.6 Å². The Morgan fingerprint density at radius 2 is 2.06 bits per heavy atom. The molecule has 4 nitrogen and oxygen atoms in total. The Bertz CT molecular complexity index is 469. The molecule has 0 atom stereocenters. The normalized spacial score (nSPS) is 11.6. The Labute approximate surface area is 103 Å². The predicted octanol–water partition coefficient (Wildman–Crippen LogP) is 1.99. The first-order valence-corrected chi connectivity index (χ1v) is 7.50. The van der Waals surface area contributed by atoms with Crippen molar-refractivity contribution in [3.63, 3.8) is 0 Å². The topological polar surface area (TPSA) is 69.4 Å². The third-order valence-electron chi connectivity index (χ3n) is 2.45. The van der Waals surface area contributed by atoms with E-state index in [1.54, 1.807) is 12.1 Å². The van der Waals surface area contributed by atoms with Crippen molar-refractivity contribution in [3.05, 3.63) is 23.8 Å². The standard InChI is InChI=1S/C12H19NO3S/c1-3-4-7-16-9-10-5-6-11(8-12(10)13)17(2,14)15/h5-6,8H,3-4,7,9,13H2,1-2H3. The number of anilines is 1. The van der Waals surface area contributed by atoms with Crippen LogP contribution in [0.25, 0.3) is 0 Å². The first kappa shape index (κ1) is 14.0. The van der Waals surface area contributed by atoms with Gasteiger partial charge >= 0.3 is 0 Å². The van der Waals surface area contributed by atoms with E-state index in [0.29, 0.717) is 18.9 Å². The average molecular weight is 257 g/mol. The number of benzene rings is 1. The molecule has 1 aromatic carbocycles. The lowest BCUT2D eigenvalue weighted by atomic mass is 10.2. The first-order chi connectivity index (χ1) is 7.95. The number of hydrogen-bond acceptors (Lipinski definition) is 4. The summed E-state index contributed by atoms with van der Waals surface area (Å²) in [6.45, 7) is 3.22. The minimum Gasteiger partial charge on any atom is -0.398 e. The van der Waals surface area contributed by atoms with Crippen molar-refractivity contribution < 1.29 is 13.2 Å². The summed E-state index contributed by atoms with van der Waals surface area (Å²) in [5, 5.41) is 0. The van der Waals surface area contributed by atoms with Gasteiger partial charge in [0.1, 0.15) is 0 Å². The summed E-state index contributed by atoms with van der Waals surface area (Å²) in [6, 6.07) is 4.75. The molecule has 1 aromatic rings. The SMILES string of the molecule is CCCCOCc1ccc(S(C)(=O)=O)cc1N. The van der Waals surface area contributed by atoms with Crippen LogP contribution < -0.4 is 5.73 Å². The number of rotatable bonds is 6. The first-order valence-electron chi connectivity index (χ1n) is 5.61. The minimum atomic E-state index is -3.19. The molecule has 1 rings (SSSR count). The highest BCUT2D eigenvalue weighted by Gasteiger charge is 2.09. The summed E-state index contributed by atoms with van der Waals surface area (Å²) in [7, 11) is -3.19. The van der Waals surface area contributed by atoms with Crippen molar-refractivity contribution in [2.24, 2.45) is 0 Å². The van der Waals surface area contributed by atoms with E-state index in [-0.39, 0.29) is 4.90 Å². The molecule has 0 radical (unpaired) electrons. The highest BCUT2D eigenvalue weighted by Crippen LogP contribution is 2.18. The number of ether oxygens (including phenoxy) is 1. The Morgan fingerprint density at radius 1 is 1.35 bits per heavy atom. The molecule has 0 bridgehead atoms. The van der Waals surface area contributed by atoms with Crippen molar-refractivity contribution in [1.82, 2.24) is 0 Å². The number of hydrogen-bond donors (Lipinski definition) is 1. The van der Waals surface area contributed by atoms with Gasteiger partial charge in [0.15, 0.2) is 9.84 Å². The van der Waals surface area contributed by atoms with E-state index < -0.39 is 9.84 Å². The smallest absolute Gasteiger partial charge is 0.175 e. The van der Waals surface area contributed by atoms with Gasteiger partial charge in [0, 0.05) is 24.1 Å². The zero-order chi connectivity index (χ0) is 12.9. The molecule has 0 heterocycles. The van der Waals surface area contributed by atoms with Crippen LogP contribution in [0.5, 0.6) is 0 Å². The predicted molar refractivity (Wildman–Crippen MR) is 68.5 cm³/mol. The summed E-state index contributed by atoms with van der Waals surface area (Å²) < 4.78 is 28.1. The number of nitrogen functional groups attached to an aromatic ring is 1. The minimum absolute atomic E-state index is 0.243. The van der Waals surface area contributed by atoms with Gasteiger partial charge in [0.25, 0.3) is 0 Å². The molecule has 17 heavy (non-hydrogen) atoms. The van der Waals surface area contributed by atoms with Crippen LogP contribution in [0, 0.1) is 0 Å². The van der Waals surface area contributed by atoms with E-state index in [1.165, 1.54) is 12.3 Å². The molecular weight excluding hydrogens is 238 g/mol. The van der Waals surface area contributed by atoms with Crippen LogP contribution in [0.1, 0.15) is 25.3 Å². The summed E-state index contributed by atoms with van der Waals surface area (Å²) in [5.74, 6) is 0. The molecule has 0 aliphatic rings. The Kier molecular flexibility index (Phi) is 4.96. The van der Waals surface area contributed by atoms with Gasteiger partial charge in [0.2, 0.25) is 0 Å². The Hall–Kier alpha value is -1.07. The highest BCUT2D eigenvalue weighted by molar-refractivity contribution is 7.90. The van der Waals surface area contributed by atoms with Crippen LogP contribution in [0.15, 0.2) is 23.1 Å². The van der Waals surface area contributed by atoms with E-state index in [9.17, 15) is 8.42 Å². The van der Waals surface area contributed by atoms with Gasteiger partial charge in [-0.15, -0.1) is 0 Å². The van der Waals surface area contributed by atoms with Gasteiger partial charge in [-0.25, -0.2) is 8.42 Å².